The molecule has 1 aromatic rings. The van der Waals surface area contributed by atoms with E-state index in [0.717, 1.165) is 0 Å². The zero-order valence-electron chi connectivity index (χ0n) is 12.9. The SMILES string of the molecule is COc1ccc(C(=O)N[C@@H](C)C(=O)OC(C)(C)C)c(O)c1. The average Bonchev–Trinajstić information content (AvgIpc) is 2.36. The minimum absolute atomic E-state index is 0.0613. The van der Waals surface area contributed by atoms with Gasteiger partial charge < -0.3 is 19.9 Å². The van der Waals surface area contributed by atoms with Crippen molar-refractivity contribution in [2.24, 2.45) is 0 Å². The maximum absolute atomic E-state index is 12.0. The molecule has 0 saturated heterocycles. The van der Waals surface area contributed by atoms with E-state index >= 15 is 0 Å². The van der Waals surface area contributed by atoms with Crippen molar-refractivity contribution in [2.75, 3.05) is 7.11 Å². The van der Waals surface area contributed by atoms with Crippen molar-refractivity contribution in [1.29, 1.82) is 0 Å². The molecule has 21 heavy (non-hydrogen) atoms. The Morgan fingerprint density at radius 1 is 1.29 bits per heavy atom. The lowest BCUT2D eigenvalue weighted by atomic mass is 10.1. The Bertz CT molecular complexity index is 533. The van der Waals surface area contributed by atoms with E-state index in [1.807, 2.05) is 0 Å². The predicted octanol–water partition coefficient (Wildman–Crippen LogP) is 1.86. The van der Waals surface area contributed by atoms with E-state index in [1.165, 1.54) is 26.2 Å². The van der Waals surface area contributed by atoms with Crippen LogP contribution in [-0.2, 0) is 9.53 Å². The number of amides is 1. The van der Waals surface area contributed by atoms with Gasteiger partial charge in [0, 0.05) is 6.07 Å². The first-order chi connectivity index (χ1) is 9.64. The highest BCUT2D eigenvalue weighted by Gasteiger charge is 2.24. The number of benzene rings is 1. The number of aromatic hydroxyl groups is 1. The van der Waals surface area contributed by atoms with Crippen molar-refractivity contribution in [3.8, 4) is 11.5 Å². The molecule has 0 bridgehead atoms. The molecular weight excluding hydrogens is 274 g/mol. The van der Waals surface area contributed by atoms with E-state index in [2.05, 4.69) is 5.32 Å². The van der Waals surface area contributed by atoms with Gasteiger partial charge in [0.25, 0.3) is 5.91 Å². The normalized spacial score (nSPS) is 12.4. The van der Waals surface area contributed by atoms with Crippen LogP contribution in [0.5, 0.6) is 11.5 Å². The third-order valence-corrected chi connectivity index (χ3v) is 2.56. The maximum atomic E-state index is 12.0. The lowest BCUT2D eigenvalue weighted by molar-refractivity contribution is -0.156. The number of carbonyl (C=O) groups is 2. The first-order valence-corrected chi connectivity index (χ1v) is 6.55. The molecule has 0 spiro atoms. The minimum atomic E-state index is -0.821. The molecule has 0 fully saturated rings. The van der Waals surface area contributed by atoms with Gasteiger partial charge in [-0.25, -0.2) is 4.79 Å². The number of rotatable bonds is 4. The fraction of sp³-hybridized carbons (Fsp3) is 0.467. The second kappa shape index (κ2) is 6.47. The van der Waals surface area contributed by atoms with Crippen LogP contribution in [0.1, 0.15) is 38.1 Å². The van der Waals surface area contributed by atoms with Gasteiger partial charge in [-0.15, -0.1) is 0 Å². The highest BCUT2D eigenvalue weighted by atomic mass is 16.6. The molecule has 6 nitrogen and oxygen atoms in total. The van der Waals surface area contributed by atoms with Crippen molar-refractivity contribution in [2.45, 2.75) is 39.3 Å². The van der Waals surface area contributed by atoms with E-state index < -0.39 is 23.5 Å². The van der Waals surface area contributed by atoms with E-state index in [1.54, 1.807) is 26.8 Å². The van der Waals surface area contributed by atoms with Gasteiger partial charge in [0.2, 0.25) is 0 Å². The Morgan fingerprint density at radius 3 is 2.38 bits per heavy atom. The first kappa shape index (κ1) is 16.8. The Kier molecular flexibility index (Phi) is 5.18. The zero-order valence-corrected chi connectivity index (χ0v) is 12.9. The van der Waals surface area contributed by atoms with E-state index in [0.29, 0.717) is 5.75 Å². The topological polar surface area (TPSA) is 84.9 Å². The quantitative estimate of drug-likeness (QED) is 0.828. The van der Waals surface area contributed by atoms with Gasteiger partial charge >= 0.3 is 5.97 Å². The molecule has 0 aromatic heterocycles. The fourth-order valence-corrected chi connectivity index (χ4v) is 1.55. The second-order valence-corrected chi connectivity index (χ2v) is 5.61. The molecule has 6 heteroatoms. The molecule has 0 unspecified atom stereocenters. The summed E-state index contributed by atoms with van der Waals surface area (Å²) < 4.78 is 10.1. The molecule has 2 N–H and O–H groups in total. The number of hydrogen-bond acceptors (Lipinski definition) is 5. The Morgan fingerprint density at radius 2 is 1.90 bits per heavy atom. The number of esters is 1. The molecule has 1 atom stereocenters. The van der Waals surface area contributed by atoms with Gasteiger partial charge in [0.05, 0.1) is 12.7 Å². The molecule has 0 heterocycles. The fourth-order valence-electron chi connectivity index (χ4n) is 1.55. The van der Waals surface area contributed by atoms with Gasteiger partial charge in [-0.05, 0) is 39.8 Å². The summed E-state index contributed by atoms with van der Waals surface area (Å²) in [7, 11) is 1.46. The van der Waals surface area contributed by atoms with Gasteiger partial charge in [-0.1, -0.05) is 0 Å². The van der Waals surface area contributed by atoms with E-state index in [9.17, 15) is 14.7 Å². The second-order valence-electron chi connectivity index (χ2n) is 5.61. The van der Waals surface area contributed by atoms with Crippen LogP contribution in [0, 0.1) is 0 Å². The number of methoxy groups -OCH3 is 1. The van der Waals surface area contributed by atoms with Gasteiger partial charge in [0.1, 0.15) is 23.1 Å². The van der Waals surface area contributed by atoms with Gasteiger partial charge in [0.15, 0.2) is 0 Å². The standard InChI is InChI=1S/C15H21NO5/c1-9(14(19)21-15(2,3)4)16-13(18)11-7-6-10(20-5)8-12(11)17/h6-9,17H,1-5H3,(H,16,18)/t9-/m0/s1. The monoisotopic (exact) mass is 295 g/mol. The van der Waals surface area contributed by atoms with Crippen LogP contribution in [0.15, 0.2) is 18.2 Å². The summed E-state index contributed by atoms with van der Waals surface area (Å²) in [4.78, 5) is 23.8. The number of hydrogen-bond donors (Lipinski definition) is 2. The number of ether oxygens (including phenoxy) is 2. The van der Waals surface area contributed by atoms with Crippen LogP contribution < -0.4 is 10.1 Å². The zero-order chi connectivity index (χ0) is 16.2. The third-order valence-electron chi connectivity index (χ3n) is 2.56. The summed E-state index contributed by atoms with van der Waals surface area (Å²) in [5, 5.41) is 12.3. The number of phenolic OH excluding ortho intramolecular Hbond substituents is 1. The minimum Gasteiger partial charge on any atom is -0.507 e. The molecule has 0 aliphatic carbocycles. The third kappa shape index (κ3) is 4.98. The summed E-state index contributed by atoms with van der Waals surface area (Å²) in [6.45, 7) is 6.75. The molecule has 1 amide bonds. The molecule has 1 aromatic carbocycles. The van der Waals surface area contributed by atoms with Crippen LogP contribution in [0.25, 0.3) is 0 Å². The van der Waals surface area contributed by atoms with Crippen molar-refractivity contribution in [1.82, 2.24) is 5.32 Å². The number of nitrogens with one attached hydrogen (secondary N) is 1. The summed E-state index contributed by atoms with van der Waals surface area (Å²) in [5.74, 6) is -0.884. The summed E-state index contributed by atoms with van der Waals surface area (Å²) in [6.07, 6.45) is 0. The smallest absolute Gasteiger partial charge is 0.328 e. The Labute approximate surface area is 124 Å². The molecule has 1 rings (SSSR count). The lowest BCUT2D eigenvalue weighted by Crippen LogP contribution is -2.42. The summed E-state index contributed by atoms with van der Waals surface area (Å²) in [5.41, 5.74) is -0.565. The molecule has 116 valence electrons. The summed E-state index contributed by atoms with van der Waals surface area (Å²) >= 11 is 0. The van der Waals surface area contributed by atoms with Gasteiger partial charge in [-0.2, -0.15) is 0 Å². The molecule has 0 aliphatic rings. The van der Waals surface area contributed by atoms with Crippen molar-refractivity contribution >= 4 is 11.9 Å². The predicted molar refractivity (Wildman–Crippen MR) is 77.4 cm³/mol. The van der Waals surface area contributed by atoms with Crippen molar-refractivity contribution in [3.05, 3.63) is 23.8 Å². The largest absolute Gasteiger partial charge is 0.507 e. The highest BCUT2D eigenvalue weighted by molar-refractivity contribution is 5.99. The van der Waals surface area contributed by atoms with E-state index in [4.69, 9.17) is 9.47 Å². The summed E-state index contributed by atoms with van der Waals surface area (Å²) in [6, 6.07) is 3.48. The van der Waals surface area contributed by atoms with Crippen LogP contribution in [0.2, 0.25) is 0 Å². The van der Waals surface area contributed by atoms with Crippen LogP contribution >= 0.6 is 0 Å². The van der Waals surface area contributed by atoms with Crippen LogP contribution in [-0.4, -0.2) is 35.7 Å². The molecule has 0 radical (unpaired) electrons. The first-order valence-electron chi connectivity index (χ1n) is 6.55. The van der Waals surface area contributed by atoms with Crippen molar-refractivity contribution in [3.63, 3.8) is 0 Å². The van der Waals surface area contributed by atoms with E-state index in [-0.39, 0.29) is 11.3 Å². The maximum Gasteiger partial charge on any atom is 0.328 e. The molecule has 0 saturated carbocycles. The molecular formula is C15H21NO5. The lowest BCUT2D eigenvalue weighted by Gasteiger charge is -2.22. The van der Waals surface area contributed by atoms with Gasteiger partial charge in [-0.3, -0.25) is 4.79 Å². The molecule has 0 aliphatic heterocycles. The Balaban J connectivity index is 2.75. The number of phenols is 1. The van der Waals surface area contributed by atoms with Crippen LogP contribution in [0.4, 0.5) is 0 Å². The number of carbonyl (C=O) groups excluding carboxylic acids is 2. The van der Waals surface area contributed by atoms with Crippen LogP contribution in [0.3, 0.4) is 0 Å². The van der Waals surface area contributed by atoms with Crippen molar-refractivity contribution < 1.29 is 24.2 Å². The average molecular weight is 295 g/mol. The highest BCUT2D eigenvalue weighted by Crippen LogP contribution is 2.23. The Hall–Kier alpha value is -2.24.